The number of amides is 2. The minimum Gasteiger partial charge on any atom is -0.466 e. The highest BCUT2D eigenvalue weighted by molar-refractivity contribution is 6.74. The molecule has 1 saturated heterocycles. The van der Waals surface area contributed by atoms with Gasteiger partial charge in [-0.25, -0.2) is 19.7 Å². The van der Waals surface area contributed by atoms with Crippen molar-refractivity contribution in [3.05, 3.63) is 53.4 Å². The quantitative estimate of drug-likeness (QED) is 0.0994. The Labute approximate surface area is 244 Å². The first-order valence-electron chi connectivity index (χ1n) is 13.8. The first kappa shape index (κ1) is 30.9. The molecule has 1 fully saturated rings. The molecular weight excluding hydrogens is 558 g/mol. The lowest BCUT2D eigenvalue weighted by Gasteiger charge is -2.40. The van der Waals surface area contributed by atoms with Gasteiger partial charge in [-0.2, -0.15) is 0 Å². The first-order chi connectivity index (χ1) is 19.9. The zero-order valence-electron chi connectivity index (χ0n) is 24.6. The van der Waals surface area contributed by atoms with Crippen molar-refractivity contribution >= 4 is 43.0 Å². The van der Waals surface area contributed by atoms with Gasteiger partial charge in [-0.15, -0.1) is 0 Å². The van der Waals surface area contributed by atoms with Crippen LogP contribution in [0.4, 0.5) is 16.3 Å². The average molecular weight is 596 g/mol. The highest BCUT2D eigenvalue weighted by Gasteiger charge is 2.51. The van der Waals surface area contributed by atoms with Crippen LogP contribution in [0.5, 0.6) is 0 Å². The Kier molecular flexibility index (Phi) is 9.46. The van der Waals surface area contributed by atoms with Crippen LogP contribution >= 0.6 is 0 Å². The molecule has 0 radical (unpaired) electrons. The Hall–Kier alpha value is -4.04. The molecule has 0 aliphatic carbocycles. The van der Waals surface area contributed by atoms with E-state index >= 15 is 0 Å². The number of anilines is 2. The number of nitrogens with zero attached hydrogens (tertiary/aromatic N) is 7. The molecule has 1 aliphatic rings. The van der Waals surface area contributed by atoms with Gasteiger partial charge in [0.25, 0.3) is 0 Å². The van der Waals surface area contributed by atoms with E-state index in [9.17, 15) is 9.59 Å². The second-order valence-electron chi connectivity index (χ2n) is 11.5. The maximum Gasteiger partial charge on any atom is 0.324 e. The van der Waals surface area contributed by atoms with E-state index in [2.05, 4.69) is 69.5 Å². The summed E-state index contributed by atoms with van der Waals surface area (Å²) in [5.41, 5.74) is 10.4. The summed E-state index contributed by atoms with van der Waals surface area (Å²) in [6, 6.07) is 8.52. The highest BCUT2D eigenvalue weighted by atomic mass is 28.4. The fourth-order valence-corrected chi connectivity index (χ4v) is 5.87. The monoisotopic (exact) mass is 595 g/mol. The van der Waals surface area contributed by atoms with Crippen LogP contribution in [0, 0.1) is 5.92 Å². The number of ether oxygens (including phenoxy) is 2. The van der Waals surface area contributed by atoms with E-state index < -0.39 is 44.7 Å². The number of carbonyl (C=O) groups excluding carboxylic acids is 2. The summed E-state index contributed by atoms with van der Waals surface area (Å²) in [4.78, 5) is 41.5. The number of rotatable bonds is 10. The average Bonchev–Trinajstić information content (AvgIpc) is 3.49. The summed E-state index contributed by atoms with van der Waals surface area (Å²) in [5, 5.41) is 9.10. The molecule has 0 bridgehead atoms. The number of benzene rings is 1. The van der Waals surface area contributed by atoms with E-state index in [1.54, 1.807) is 30.0 Å². The van der Waals surface area contributed by atoms with E-state index in [-0.39, 0.29) is 30.4 Å². The van der Waals surface area contributed by atoms with Crippen molar-refractivity contribution in [3.63, 3.8) is 0 Å². The summed E-state index contributed by atoms with van der Waals surface area (Å²) < 4.78 is 20.4. The maximum absolute atomic E-state index is 12.7. The third kappa shape index (κ3) is 6.87. The highest BCUT2D eigenvalue weighted by Crippen LogP contribution is 2.45. The van der Waals surface area contributed by atoms with Gasteiger partial charge in [0, 0.05) is 16.5 Å². The third-order valence-corrected chi connectivity index (χ3v) is 12.1. The van der Waals surface area contributed by atoms with Crippen molar-refractivity contribution in [2.45, 2.75) is 70.7 Å². The number of nitrogens with one attached hydrogen (secondary N) is 2. The van der Waals surface area contributed by atoms with Crippen LogP contribution in [0.15, 0.2) is 48.1 Å². The normalized spacial score (nSPS) is 20.6. The standard InChI is InChI=1S/C27H37N9O5Si/c1-7-39-20(37)13-18-19(14-32-35-28)40-25(22(18)41-42(5,6)27(2,3)4)36-16-31-21-23(29-15-30-24(21)36)34-26(38)33-17-11-9-8-10-12-17/h8-12,15-16,18-19,22,25H,7,13-14H2,1-6H3,(H2,29,30,33,34,38). The largest absolute Gasteiger partial charge is 0.466 e. The topological polar surface area (TPSA) is 178 Å². The maximum atomic E-state index is 12.7. The summed E-state index contributed by atoms with van der Waals surface area (Å²) in [6.07, 6.45) is 0.888. The van der Waals surface area contributed by atoms with Crippen LogP contribution in [0.1, 0.15) is 40.3 Å². The number of imidazole rings is 1. The zero-order valence-corrected chi connectivity index (χ0v) is 25.6. The van der Waals surface area contributed by atoms with Crippen molar-refractivity contribution in [2.24, 2.45) is 11.0 Å². The molecule has 14 nitrogen and oxygen atoms in total. The number of urea groups is 1. The minimum atomic E-state index is -2.40. The van der Waals surface area contributed by atoms with Gasteiger partial charge in [0.15, 0.2) is 31.5 Å². The number of fused-ring (bicyclic) bond motifs is 1. The molecule has 1 aromatic carbocycles. The molecule has 0 saturated carbocycles. The SMILES string of the molecule is CCOC(=O)CC1C(CN=[N+]=[N-])OC(n2cnc3c(NC(=O)Nc4ccccc4)ncnc32)C1O[Si](C)(C)C(C)(C)C. The molecule has 3 heterocycles. The van der Waals surface area contributed by atoms with Gasteiger partial charge in [-0.05, 0) is 42.7 Å². The summed E-state index contributed by atoms with van der Waals surface area (Å²) >= 11 is 0. The van der Waals surface area contributed by atoms with Crippen LogP contribution in [0.2, 0.25) is 18.1 Å². The molecule has 1 aliphatic heterocycles. The van der Waals surface area contributed by atoms with E-state index in [0.29, 0.717) is 16.9 Å². The number of aromatic nitrogens is 4. The number of carbonyl (C=O) groups is 2. The molecule has 4 rings (SSSR count). The Balaban J connectivity index is 1.71. The Morgan fingerprint density at radius 2 is 1.90 bits per heavy atom. The van der Waals surface area contributed by atoms with Crippen LogP contribution in [0.3, 0.4) is 0 Å². The molecule has 3 aromatic rings. The van der Waals surface area contributed by atoms with E-state index in [1.165, 1.54) is 6.33 Å². The van der Waals surface area contributed by atoms with Crippen molar-refractivity contribution in [1.82, 2.24) is 19.5 Å². The van der Waals surface area contributed by atoms with Crippen molar-refractivity contribution < 1.29 is 23.5 Å². The predicted octanol–water partition coefficient (Wildman–Crippen LogP) is 5.64. The Morgan fingerprint density at radius 1 is 1.17 bits per heavy atom. The summed E-state index contributed by atoms with van der Waals surface area (Å²) in [7, 11) is -2.40. The number of hydrogen-bond acceptors (Lipinski definition) is 9. The molecular formula is C27H37N9O5Si. The Morgan fingerprint density at radius 3 is 2.57 bits per heavy atom. The molecule has 15 heteroatoms. The van der Waals surface area contributed by atoms with Gasteiger partial charge in [0.2, 0.25) is 0 Å². The summed E-state index contributed by atoms with van der Waals surface area (Å²) in [6.45, 7) is 12.6. The van der Waals surface area contributed by atoms with E-state index in [0.717, 1.165) is 0 Å². The lowest BCUT2D eigenvalue weighted by molar-refractivity contribution is -0.145. The van der Waals surface area contributed by atoms with Crippen molar-refractivity contribution in [3.8, 4) is 0 Å². The molecule has 2 N–H and O–H groups in total. The van der Waals surface area contributed by atoms with E-state index in [4.69, 9.17) is 19.4 Å². The molecule has 4 unspecified atom stereocenters. The number of hydrogen-bond donors (Lipinski definition) is 2. The Bertz CT molecular complexity index is 1450. The van der Waals surface area contributed by atoms with Gasteiger partial charge in [-0.1, -0.05) is 44.1 Å². The number of para-hydroxylation sites is 1. The number of esters is 1. The third-order valence-electron chi connectivity index (χ3n) is 7.66. The van der Waals surface area contributed by atoms with Gasteiger partial charge in [0.1, 0.15) is 6.33 Å². The van der Waals surface area contributed by atoms with Gasteiger partial charge in [-0.3, -0.25) is 14.7 Å². The minimum absolute atomic E-state index is 0.00249. The van der Waals surface area contributed by atoms with Crippen LogP contribution < -0.4 is 10.6 Å². The smallest absolute Gasteiger partial charge is 0.324 e. The zero-order chi connectivity index (χ0) is 30.5. The van der Waals surface area contributed by atoms with Crippen LogP contribution in [-0.4, -0.2) is 65.2 Å². The molecule has 0 spiro atoms. The number of azide groups is 1. The molecule has 2 amide bonds. The van der Waals surface area contributed by atoms with Gasteiger partial charge < -0.3 is 19.2 Å². The van der Waals surface area contributed by atoms with Crippen LogP contribution in [0.25, 0.3) is 21.6 Å². The van der Waals surface area contributed by atoms with Crippen LogP contribution in [-0.2, 0) is 18.7 Å². The van der Waals surface area contributed by atoms with E-state index in [1.807, 2.05) is 18.2 Å². The summed E-state index contributed by atoms with van der Waals surface area (Å²) in [5.74, 6) is -0.654. The molecule has 42 heavy (non-hydrogen) atoms. The molecule has 2 aromatic heterocycles. The lowest BCUT2D eigenvalue weighted by Crippen LogP contribution is -2.47. The lowest BCUT2D eigenvalue weighted by atomic mass is 9.94. The molecule has 224 valence electrons. The second kappa shape index (κ2) is 12.9. The fourth-order valence-electron chi connectivity index (χ4n) is 4.54. The molecule has 4 atom stereocenters. The van der Waals surface area contributed by atoms with Crippen molar-refractivity contribution in [2.75, 3.05) is 23.8 Å². The van der Waals surface area contributed by atoms with Gasteiger partial charge in [0.05, 0.1) is 38.1 Å². The second-order valence-corrected chi connectivity index (χ2v) is 16.2. The predicted molar refractivity (Wildman–Crippen MR) is 159 cm³/mol. The van der Waals surface area contributed by atoms with Gasteiger partial charge >= 0.3 is 12.0 Å². The fraction of sp³-hybridized carbons (Fsp3) is 0.519. The first-order valence-corrected chi connectivity index (χ1v) is 16.7. The van der Waals surface area contributed by atoms with Crippen molar-refractivity contribution in [1.29, 1.82) is 0 Å².